The summed E-state index contributed by atoms with van der Waals surface area (Å²) in [6, 6.07) is 6.93. The lowest BCUT2D eigenvalue weighted by Gasteiger charge is -2.21. The van der Waals surface area contributed by atoms with E-state index in [-0.39, 0.29) is 25.4 Å². The molecule has 0 fully saturated rings. The summed E-state index contributed by atoms with van der Waals surface area (Å²) in [5.74, 6) is -0.791. The summed E-state index contributed by atoms with van der Waals surface area (Å²) < 4.78 is 5.04. The highest BCUT2D eigenvalue weighted by atomic mass is 35.5. The lowest BCUT2D eigenvalue weighted by molar-refractivity contribution is -0.144. The minimum Gasteiger partial charge on any atom is -0.480 e. The van der Waals surface area contributed by atoms with E-state index in [2.05, 4.69) is 5.16 Å². The van der Waals surface area contributed by atoms with Crippen LogP contribution in [0.4, 0.5) is 0 Å². The van der Waals surface area contributed by atoms with Gasteiger partial charge in [0.15, 0.2) is 0 Å². The summed E-state index contributed by atoms with van der Waals surface area (Å²) in [5.41, 5.74) is 2.14. The quantitative estimate of drug-likeness (QED) is 0.876. The van der Waals surface area contributed by atoms with Crippen LogP contribution in [-0.2, 0) is 22.6 Å². The first kappa shape index (κ1) is 17.0. The fraction of sp³-hybridized carbons (Fsp3) is 0.312. The van der Waals surface area contributed by atoms with Crippen LogP contribution in [0.15, 0.2) is 28.8 Å². The van der Waals surface area contributed by atoms with E-state index in [1.807, 2.05) is 0 Å². The van der Waals surface area contributed by atoms with Crippen LogP contribution in [-0.4, -0.2) is 33.6 Å². The smallest absolute Gasteiger partial charge is 0.323 e. The average Bonchev–Trinajstić information content (AvgIpc) is 2.80. The number of aliphatic carboxylic acids is 1. The molecule has 1 aromatic carbocycles. The standard InChI is InChI=1S/C16H17ClN2O4/c1-10-14(11(2)23-18-10)7-15(20)19(9-16(21)22)8-12-3-5-13(17)6-4-12/h3-6H,7-9H2,1-2H3,(H,21,22). The second-order valence-electron chi connectivity index (χ2n) is 5.25. The SMILES string of the molecule is Cc1noc(C)c1CC(=O)N(CC(=O)O)Cc1ccc(Cl)cc1. The molecule has 1 N–H and O–H groups in total. The zero-order valence-electron chi connectivity index (χ0n) is 12.9. The highest BCUT2D eigenvalue weighted by Crippen LogP contribution is 2.16. The predicted octanol–water partition coefficient (Wildman–Crippen LogP) is 2.60. The van der Waals surface area contributed by atoms with Gasteiger partial charge in [0.25, 0.3) is 0 Å². The monoisotopic (exact) mass is 336 g/mol. The van der Waals surface area contributed by atoms with E-state index in [0.29, 0.717) is 22.0 Å². The van der Waals surface area contributed by atoms with Crippen molar-refractivity contribution < 1.29 is 19.2 Å². The van der Waals surface area contributed by atoms with Crippen LogP contribution in [0.2, 0.25) is 5.02 Å². The van der Waals surface area contributed by atoms with Crippen LogP contribution in [0, 0.1) is 13.8 Å². The Morgan fingerprint density at radius 3 is 2.43 bits per heavy atom. The van der Waals surface area contributed by atoms with Crippen molar-refractivity contribution >= 4 is 23.5 Å². The van der Waals surface area contributed by atoms with E-state index in [9.17, 15) is 9.59 Å². The molecule has 0 aliphatic heterocycles. The van der Waals surface area contributed by atoms with Crippen LogP contribution in [0.25, 0.3) is 0 Å². The van der Waals surface area contributed by atoms with E-state index in [4.69, 9.17) is 21.2 Å². The summed E-state index contributed by atoms with van der Waals surface area (Å²) in [6.07, 6.45) is 0.0576. The van der Waals surface area contributed by atoms with Gasteiger partial charge in [-0.25, -0.2) is 0 Å². The molecule has 1 amide bonds. The Morgan fingerprint density at radius 2 is 1.91 bits per heavy atom. The number of carbonyl (C=O) groups is 2. The Labute approximate surface area is 138 Å². The number of benzene rings is 1. The van der Waals surface area contributed by atoms with E-state index in [1.165, 1.54) is 4.90 Å². The lowest BCUT2D eigenvalue weighted by atomic mass is 10.1. The molecule has 2 rings (SSSR count). The Bertz CT molecular complexity index is 690. The minimum absolute atomic E-state index is 0.0576. The predicted molar refractivity (Wildman–Crippen MR) is 84.2 cm³/mol. The molecule has 0 saturated carbocycles. The summed E-state index contributed by atoms with van der Waals surface area (Å²) in [7, 11) is 0. The average molecular weight is 337 g/mol. The molecule has 0 radical (unpaired) electrons. The van der Waals surface area contributed by atoms with Crippen molar-refractivity contribution in [1.82, 2.24) is 10.1 Å². The number of amides is 1. The van der Waals surface area contributed by atoms with Gasteiger partial charge in [-0.05, 0) is 31.5 Å². The first-order valence-electron chi connectivity index (χ1n) is 7.02. The summed E-state index contributed by atoms with van der Waals surface area (Å²) >= 11 is 5.83. The topological polar surface area (TPSA) is 83.6 Å². The van der Waals surface area contributed by atoms with Gasteiger partial charge in [-0.2, -0.15) is 0 Å². The van der Waals surface area contributed by atoms with Gasteiger partial charge in [0.2, 0.25) is 5.91 Å². The maximum Gasteiger partial charge on any atom is 0.323 e. The Kier molecular flexibility index (Phi) is 5.39. The van der Waals surface area contributed by atoms with Gasteiger partial charge in [-0.15, -0.1) is 0 Å². The van der Waals surface area contributed by atoms with Crippen molar-refractivity contribution in [2.75, 3.05) is 6.54 Å². The number of hydrogen-bond acceptors (Lipinski definition) is 4. The van der Waals surface area contributed by atoms with Gasteiger partial charge in [0.05, 0.1) is 12.1 Å². The molecule has 1 aromatic heterocycles. The highest BCUT2D eigenvalue weighted by molar-refractivity contribution is 6.30. The third kappa shape index (κ3) is 4.56. The lowest BCUT2D eigenvalue weighted by Crippen LogP contribution is -2.36. The summed E-state index contributed by atoms with van der Waals surface area (Å²) in [4.78, 5) is 24.8. The third-order valence-corrected chi connectivity index (χ3v) is 3.73. The molecule has 6 nitrogen and oxygen atoms in total. The number of hydrogen-bond donors (Lipinski definition) is 1. The number of nitrogens with zero attached hydrogens (tertiary/aromatic N) is 2. The molecule has 0 aliphatic rings. The van der Waals surface area contributed by atoms with Crippen molar-refractivity contribution in [3.63, 3.8) is 0 Å². The highest BCUT2D eigenvalue weighted by Gasteiger charge is 2.21. The van der Waals surface area contributed by atoms with Crippen LogP contribution in [0.5, 0.6) is 0 Å². The number of aryl methyl sites for hydroxylation is 2. The number of halogens is 1. The molecular formula is C16H17ClN2O4. The first-order chi connectivity index (χ1) is 10.9. The van der Waals surface area contributed by atoms with Crippen molar-refractivity contribution in [3.05, 3.63) is 51.9 Å². The molecule has 2 aromatic rings. The molecule has 0 aliphatic carbocycles. The fourth-order valence-electron chi connectivity index (χ4n) is 2.22. The Balaban J connectivity index is 2.15. The molecule has 0 unspecified atom stereocenters. The van der Waals surface area contributed by atoms with Gasteiger partial charge >= 0.3 is 5.97 Å². The normalized spacial score (nSPS) is 10.6. The fourth-order valence-corrected chi connectivity index (χ4v) is 2.35. The molecule has 0 spiro atoms. The zero-order valence-corrected chi connectivity index (χ0v) is 13.6. The maximum atomic E-state index is 12.5. The number of rotatable bonds is 6. The zero-order chi connectivity index (χ0) is 17.0. The van der Waals surface area contributed by atoms with Crippen LogP contribution in [0.3, 0.4) is 0 Å². The van der Waals surface area contributed by atoms with E-state index in [1.54, 1.807) is 38.1 Å². The van der Waals surface area contributed by atoms with E-state index >= 15 is 0 Å². The number of carboxylic acid groups (broad SMARTS) is 1. The number of carbonyl (C=O) groups excluding carboxylic acids is 1. The van der Waals surface area contributed by atoms with Gasteiger partial charge in [-0.1, -0.05) is 28.9 Å². The maximum absolute atomic E-state index is 12.5. The van der Waals surface area contributed by atoms with Gasteiger partial charge in [-0.3, -0.25) is 9.59 Å². The van der Waals surface area contributed by atoms with Crippen LogP contribution in [0.1, 0.15) is 22.6 Å². The second kappa shape index (κ2) is 7.28. The molecule has 1 heterocycles. The number of aromatic nitrogens is 1. The van der Waals surface area contributed by atoms with Gasteiger partial charge in [0, 0.05) is 17.1 Å². The van der Waals surface area contributed by atoms with Crippen LogP contribution >= 0.6 is 11.6 Å². The summed E-state index contributed by atoms with van der Waals surface area (Å²) in [5, 5.41) is 13.4. The summed E-state index contributed by atoms with van der Waals surface area (Å²) in [6.45, 7) is 3.31. The minimum atomic E-state index is -1.06. The molecule has 122 valence electrons. The Hall–Kier alpha value is -2.34. The van der Waals surface area contributed by atoms with Crippen molar-refractivity contribution in [2.45, 2.75) is 26.8 Å². The molecule has 0 bridgehead atoms. The van der Waals surface area contributed by atoms with E-state index < -0.39 is 5.97 Å². The molecular weight excluding hydrogens is 320 g/mol. The molecule has 7 heteroatoms. The molecule has 0 saturated heterocycles. The Morgan fingerprint density at radius 1 is 1.26 bits per heavy atom. The third-order valence-electron chi connectivity index (χ3n) is 3.47. The second-order valence-corrected chi connectivity index (χ2v) is 5.69. The van der Waals surface area contributed by atoms with Gasteiger partial charge in [0.1, 0.15) is 12.3 Å². The van der Waals surface area contributed by atoms with Gasteiger partial charge < -0.3 is 14.5 Å². The van der Waals surface area contributed by atoms with Crippen molar-refractivity contribution in [2.24, 2.45) is 0 Å². The van der Waals surface area contributed by atoms with Crippen molar-refractivity contribution in [1.29, 1.82) is 0 Å². The molecule has 0 atom stereocenters. The molecule has 23 heavy (non-hydrogen) atoms. The van der Waals surface area contributed by atoms with Crippen LogP contribution < -0.4 is 0 Å². The largest absolute Gasteiger partial charge is 0.480 e. The first-order valence-corrected chi connectivity index (χ1v) is 7.40. The van der Waals surface area contributed by atoms with E-state index in [0.717, 1.165) is 5.56 Å². The van der Waals surface area contributed by atoms with Crippen molar-refractivity contribution in [3.8, 4) is 0 Å². The number of carboxylic acids is 1.